The Bertz CT molecular complexity index is 752. The smallest absolute Gasteiger partial charge is 0.362 e. The van der Waals surface area contributed by atoms with Gasteiger partial charge in [0.1, 0.15) is 6.04 Å². The summed E-state index contributed by atoms with van der Waals surface area (Å²) in [5, 5.41) is 16.3. The van der Waals surface area contributed by atoms with Gasteiger partial charge in [-0.25, -0.2) is 0 Å². The highest BCUT2D eigenvalue weighted by Crippen LogP contribution is 2.44. The molecule has 1 aliphatic heterocycles. The van der Waals surface area contributed by atoms with E-state index in [1.165, 1.54) is 0 Å². The Hall–Kier alpha value is -2.11. The minimum atomic E-state index is -5.18. The minimum absolute atomic E-state index is 0.122. The van der Waals surface area contributed by atoms with Crippen LogP contribution in [-0.2, 0) is 11.0 Å². The number of rotatable bonds is 3. The lowest BCUT2D eigenvalue weighted by molar-refractivity contribution is -0.302. The topological polar surface area (TPSA) is 70.7 Å². The van der Waals surface area contributed by atoms with Gasteiger partial charge in [-0.2, -0.15) is 41.6 Å². The van der Waals surface area contributed by atoms with Crippen LogP contribution in [0.25, 0.3) is 0 Å². The van der Waals surface area contributed by atoms with Gasteiger partial charge in [-0.15, -0.1) is 0 Å². The Morgan fingerprint density at radius 1 is 1.31 bits per heavy atom. The second-order valence-corrected chi connectivity index (χ2v) is 6.31. The quantitative estimate of drug-likeness (QED) is 0.815. The Balaban J connectivity index is 1.94. The fourth-order valence-electron chi connectivity index (χ4n) is 2.73. The highest BCUT2D eigenvalue weighted by Gasteiger charge is 2.62. The molecule has 1 amide bonds. The summed E-state index contributed by atoms with van der Waals surface area (Å²) in [6.45, 7) is 1.12. The first-order valence-electron chi connectivity index (χ1n) is 7.68. The van der Waals surface area contributed by atoms with Crippen molar-refractivity contribution in [3.05, 3.63) is 17.5 Å². The number of hydrazone groups is 1. The highest BCUT2D eigenvalue weighted by atomic mass is 19.4. The molecule has 1 N–H and O–H groups in total. The van der Waals surface area contributed by atoms with E-state index in [4.69, 9.17) is 0 Å². The summed E-state index contributed by atoms with van der Waals surface area (Å²) in [7, 11) is 0. The normalized spacial score (nSPS) is 25.0. The number of hydrogen-bond donors (Lipinski definition) is 1. The van der Waals surface area contributed by atoms with Gasteiger partial charge in [0.15, 0.2) is 5.69 Å². The van der Waals surface area contributed by atoms with E-state index in [9.17, 15) is 36.2 Å². The van der Waals surface area contributed by atoms with Gasteiger partial charge in [-0.3, -0.25) is 9.48 Å². The third-order valence-corrected chi connectivity index (χ3v) is 4.36. The minimum Gasteiger partial charge on any atom is -0.362 e. The second-order valence-electron chi connectivity index (χ2n) is 6.31. The zero-order chi connectivity index (χ0) is 19.5. The van der Waals surface area contributed by atoms with Crippen LogP contribution in [0.3, 0.4) is 0 Å². The van der Waals surface area contributed by atoms with Crippen molar-refractivity contribution in [2.75, 3.05) is 0 Å². The third kappa shape index (κ3) is 2.95. The molecule has 2 aliphatic rings. The van der Waals surface area contributed by atoms with Crippen LogP contribution in [0, 0.1) is 0 Å². The summed E-state index contributed by atoms with van der Waals surface area (Å²) in [6, 6.07) is -0.712. The molecule has 12 heteroatoms. The molecule has 3 rings (SSSR count). The lowest BCUT2D eigenvalue weighted by atomic mass is 10.1. The van der Waals surface area contributed by atoms with Crippen LogP contribution in [0.15, 0.2) is 11.2 Å². The van der Waals surface area contributed by atoms with Gasteiger partial charge in [0.2, 0.25) is 0 Å². The second kappa shape index (κ2) is 5.69. The Morgan fingerprint density at radius 3 is 2.42 bits per heavy atom. The van der Waals surface area contributed by atoms with E-state index in [2.05, 4.69) is 10.2 Å². The maximum absolute atomic E-state index is 13.1. The lowest BCUT2D eigenvalue weighted by Gasteiger charge is -2.34. The van der Waals surface area contributed by atoms with Gasteiger partial charge in [0.25, 0.3) is 11.6 Å². The van der Waals surface area contributed by atoms with Crippen molar-refractivity contribution < 1.29 is 36.2 Å². The number of halogens is 6. The summed E-state index contributed by atoms with van der Waals surface area (Å²) in [6.07, 6.45) is -8.98. The SMILES string of the molecule is C[C@H](C(=O)N1N=CC[C@]1(O)C(F)(F)F)n1nc(C(F)(F)F)cc1C1CC1. The van der Waals surface area contributed by atoms with Crippen molar-refractivity contribution in [2.24, 2.45) is 5.10 Å². The molecule has 1 aromatic rings. The number of hydrogen-bond acceptors (Lipinski definition) is 4. The van der Waals surface area contributed by atoms with Crippen LogP contribution in [0.4, 0.5) is 26.3 Å². The molecule has 1 aliphatic carbocycles. The van der Waals surface area contributed by atoms with E-state index in [0.29, 0.717) is 12.8 Å². The molecule has 2 atom stereocenters. The summed E-state index contributed by atoms with van der Waals surface area (Å²) in [5.41, 5.74) is -4.63. The van der Waals surface area contributed by atoms with Crippen LogP contribution in [0.1, 0.15) is 49.5 Å². The predicted molar refractivity (Wildman–Crippen MR) is 74.9 cm³/mol. The predicted octanol–water partition coefficient (Wildman–Crippen LogP) is 2.81. The van der Waals surface area contributed by atoms with Gasteiger partial charge in [-0.05, 0) is 25.8 Å². The van der Waals surface area contributed by atoms with Crippen molar-refractivity contribution in [2.45, 2.75) is 56.2 Å². The fraction of sp³-hybridized carbons (Fsp3) is 0.643. The molecule has 0 unspecified atom stereocenters. The van der Waals surface area contributed by atoms with Gasteiger partial charge in [-0.1, -0.05) is 0 Å². The molecule has 0 radical (unpaired) electrons. The van der Waals surface area contributed by atoms with E-state index < -0.39 is 42.1 Å². The number of aromatic nitrogens is 2. The van der Waals surface area contributed by atoms with Gasteiger partial charge in [0.05, 0.1) is 0 Å². The zero-order valence-corrected chi connectivity index (χ0v) is 13.3. The Morgan fingerprint density at radius 2 is 1.92 bits per heavy atom. The van der Waals surface area contributed by atoms with Crippen molar-refractivity contribution in [1.29, 1.82) is 0 Å². The number of carbonyl (C=O) groups excluding carboxylic acids is 1. The number of amides is 1. The molecule has 1 aromatic heterocycles. The van der Waals surface area contributed by atoms with Crippen LogP contribution in [-0.4, -0.2) is 43.9 Å². The molecule has 0 spiro atoms. The van der Waals surface area contributed by atoms with E-state index in [1.807, 2.05) is 0 Å². The molecular formula is C14H14F6N4O2. The van der Waals surface area contributed by atoms with Crippen molar-refractivity contribution in [1.82, 2.24) is 14.8 Å². The van der Waals surface area contributed by atoms with E-state index >= 15 is 0 Å². The summed E-state index contributed by atoms with van der Waals surface area (Å²) in [4.78, 5) is 12.5. The fourth-order valence-corrected chi connectivity index (χ4v) is 2.73. The standard InChI is InChI=1S/C14H14F6N4O2/c1-7(11(25)24-12(26,4-5-21-24)14(18,19)20)23-9(8-2-3-8)6-10(22-23)13(15,16)17/h5-8,26H,2-4H2,1H3/t7-,12+/m1/s1. The summed E-state index contributed by atoms with van der Waals surface area (Å²) in [5.74, 6) is -1.55. The summed E-state index contributed by atoms with van der Waals surface area (Å²) < 4.78 is 78.9. The molecule has 2 heterocycles. The van der Waals surface area contributed by atoms with Crippen LogP contribution in [0.2, 0.25) is 0 Å². The first kappa shape index (κ1) is 18.7. The van der Waals surface area contributed by atoms with Crippen LogP contribution >= 0.6 is 0 Å². The Kier molecular flexibility index (Phi) is 4.09. The molecule has 26 heavy (non-hydrogen) atoms. The molecule has 0 saturated heterocycles. The number of nitrogens with zero attached hydrogens (tertiary/aromatic N) is 4. The summed E-state index contributed by atoms with van der Waals surface area (Å²) >= 11 is 0. The molecule has 6 nitrogen and oxygen atoms in total. The number of carbonyl (C=O) groups is 1. The van der Waals surface area contributed by atoms with Crippen LogP contribution < -0.4 is 0 Å². The maximum atomic E-state index is 13.1. The average Bonchev–Trinajstić information content (AvgIpc) is 3.11. The van der Waals surface area contributed by atoms with Crippen LogP contribution in [0.5, 0.6) is 0 Å². The molecular weight excluding hydrogens is 370 g/mol. The van der Waals surface area contributed by atoms with E-state index in [0.717, 1.165) is 23.9 Å². The van der Waals surface area contributed by atoms with Gasteiger partial charge < -0.3 is 5.11 Å². The first-order chi connectivity index (χ1) is 11.9. The highest BCUT2D eigenvalue weighted by molar-refractivity contribution is 5.83. The van der Waals surface area contributed by atoms with Crippen molar-refractivity contribution in [3.8, 4) is 0 Å². The monoisotopic (exact) mass is 384 g/mol. The van der Waals surface area contributed by atoms with Crippen molar-refractivity contribution >= 4 is 12.1 Å². The lowest BCUT2D eigenvalue weighted by Crippen LogP contribution is -2.57. The van der Waals surface area contributed by atoms with Crippen molar-refractivity contribution in [3.63, 3.8) is 0 Å². The first-order valence-corrected chi connectivity index (χ1v) is 7.68. The maximum Gasteiger partial charge on any atom is 0.438 e. The molecule has 144 valence electrons. The largest absolute Gasteiger partial charge is 0.438 e. The average molecular weight is 384 g/mol. The van der Waals surface area contributed by atoms with Gasteiger partial charge in [0, 0.05) is 24.2 Å². The number of aliphatic hydroxyl groups is 1. The molecule has 0 bridgehead atoms. The number of alkyl halides is 6. The molecule has 1 saturated carbocycles. The van der Waals surface area contributed by atoms with E-state index in [1.54, 1.807) is 0 Å². The van der Waals surface area contributed by atoms with E-state index in [-0.39, 0.29) is 16.6 Å². The Labute approximate surface area is 143 Å². The molecule has 0 aromatic carbocycles. The van der Waals surface area contributed by atoms with Gasteiger partial charge >= 0.3 is 12.4 Å². The third-order valence-electron chi connectivity index (χ3n) is 4.36. The zero-order valence-electron chi connectivity index (χ0n) is 13.3. The molecule has 1 fully saturated rings.